The van der Waals surface area contributed by atoms with Gasteiger partial charge in [-0.1, -0.05) is 18.2 Å². The SMILES string of the molecule is O=S(=O)(c1ccccc1)C1CNCC1(F)F. The van der Waals surface area contributed by atoms with E-state index in [1.807, 2.05) is 0 Å². The summed E-state index contributed by atoms with van der Waals surface area (Å²) in [6, 6.07) is 7.36. The lowest BCUT2D eigenvalue weighted by atomic mass is 10.3. The van der Waals surface area contributed by atoms with Gasteiger partial charge in [0.05, 0.1) is 11.4 Å². The highest BCUT2D eigenvalue weighted by atomic mass is 32.2. The van der Waals surface area contributed by atoms with Crippen LogP contribution < -0.4 is 5.32 Å². The van der Waals surface area contributed by atoms with Gasteiger partial charge in [0.25, 0.3) is 5.92 Å². The van der Waals surface area contributed by atoms with E-state index in [4.69, 9.17) is 0 Å². The van der Waals surface area contributed by atoms with Gasteiger partial charge in [0.2, 0.25) is 0 Å². The summed E-state index contributed by atoms with van der Waals surface area (Å²) >= 11 is 0. The van der Waals surface area contributed by atoms with Crippen LogP contribution in [0.25, 0.3) is 0 Å². The second-order valence-electron chi connectivity index (χ2n) is 3.74. The first-order valence-corrected chi connectivity index (χ1v) is 6.37. The second-order valence-corrected chi connectivity index (χ2v) is 5.87. The number of rotatable bonds is 2. The Morgan fingerprint density at radius 3 is 2.38 bits per heavy atom. The van der Waals surface area contributed by atoms with Gasteiger partial charge in [0.1, 0.15) is 5.25 Å². The van der Waals surface area contributed by atoms with Gasteiger partial charge in [-0.2, -0.15) is 0 Å². The van der Waals surface area contributed by atoms with Crippen LogP contribution >= 0.6 is 0 Å². The smallest absolute Gasteiger partial charge is 0.278 e. The summed E-state index contributed by atoms with van der Waals surface area (Å²) < 4.78 is 50.6. The molecule has 1 aromatic carbocycles. The third kappa shape index (κ3) is 1.82. The van der Waals surface area contributed by atoms with E-state index in [0.29, 0.717) is 0 Å². The average molecular weight is 247 g/mol. The monoisotopic (exact) mass is 247 g/mol. The quantitative estimate of drug-likeness (QED) is 0.850. The minimum Gasteiger partial charge on any atom is -0.310 e. The zero-order valence-corrected chi connectivity index (χ0v) is 9.18. The van der Waals surface area contributed by atoms with E-state index >= 15 is 0 Å². The lowest BCUT2D eigenvalue weighted by Crippen LogP contribution is -2.38. The Morgan fingerprint density at radius 1 is 1.25 bits per heavy atom. The third-order valence-electron chi connectivity index (χ3n) is 2.61. The Bertz CT molecular complexity index is 473. The number of hydrogen-bond acceptors (Lipinski definition) is 3. The van der Waals surface area contributed by atoms with E-state index in [9.17, 15) is 17.2 Å². The van der Waals surface area contributed by atoms with Crippen molar-refractivity contribution in [3.8, 4) is 0 Å². The summed E-state index contributed by atoms with van der Waals surface area (Å²) in [6.07, 6.45) is 0. The normalized spacial score (nSPS) is 24.5. The number of benzene rings is 1. The molecule has 1 saturated heterocycles. The topological polar surface area (TPSA) is 46.2 Å². The number of nitrogens with one attached hydrogen (secondary N) is 1. The zero-order chi connectivity index (χ0) is 11.8. The van der Waals surface area contributed by atoms with E-state index in [2.05, 4.69) is 5.32 Å². The molecule has 1 unspecified atom stereocenters. The maximum Gasteiger partial charge on any atom is 0.278 e. The van der Waals surface area contributed by atoms with E-state index in [-0.39, 0.29) is 11.4 Å². The predicted molar refractivity (Wildman–Crippen MR) is 55.2 cm³/mol. The Hall–Kier alpha value is -1.01. The summed E-state index contributed by atoms with van der Waals surface area (Å²) in [4.78, 5) is -0.0524. The van der Waals surface area contributed by atoms with Crippen LogP contribution in [0.2, 0.25) is 0 Å². The molecule has 0 spiro atoms. The van der Waals surface area contributed by atoms with Crippen LogP contribution in [0.5, 0.6) is 0 Å². The molecule has 1 aliphatic heterocycles. The van der Waals surface area contributed by atoms with E-state index < -0.39 is 27.6 Å². The molecule has 3 nitrogen and oxygen atoms in total. The van der Waals surface area contributed by atoms with Gasteiger partial charge in [0.15, 0.2) is 9.84 Å². The van der Waals surface area contributed by atoms with Crippen LogP contribution in [0.4, 0.5) is 8.78 Å². The van der Waals surface area contributed by atoms with Crippen LogP contribution in [0.3, 0.4) is 0 Å². The Kier molecular flexibility index (Phi) is 2.71. The van der Waals surface area contributed by atoms with Crippen molar-refractivity contribution in [1.82, 2.24) is 5.32 Å². The highest BCUT2D eigenvalue weighted by Gasteiger charge is 2.51. The fraction of sp³-hybridized carbons (Fsp3) is 0.400. The van der Waals surface area contributed by atoms with Crippen molar-refractivity contribution in [3.05, 3.63) is 30.3 Å². The molecule has 1 fully saturated rings. The van der Waals surface area contributed by atoms with Crippen LogP contribution in [0.1, 0.15) is 0 Å². The number of alkyl halides is 2. The maximum absolute atomic E-state index is 13.3. The van der Waals surface area contributed by atoms with Crippen molar-refractivity contribution in [2.45, 2.75) is 16.1 Å². The van der Waals surface area contributed by atoms with Crippen LogP contribution in [0, 0.1) is 0 Å². The minimum atomic E-state index is -3.96. The zero-order valence-electron chi connectivity index (χ0n) is 8.36. The van der Waals surface area contributed by atoms with E-state index in [1.165, 1.54) is 24.3 Å². The molecular weight excluding hydrogens is 236 g/mol. The fourth-order valence-corrected chi connectivity index (χ4v) is 3.48. The molecule has 0 aliphatic carbocycles. The molecule has 6 heteroatoms. The van der Waals surface area contributed by atoms with Gasteiger partial charge in [-0.25, -0.2) is 17.2 Å². The Balaban J connectivity index is 2.41. The molecule has 1 atom stereocenters. The summed E-state index contributed by atoms with van der Waals surface area (Å²) in [6.45, 7) is -0.784. The predicted octanol–water partition coefficient (Wildman–Crippen LogP) is 1.07. The van der Waals surface area contributed by atoms with Gasteiger partial charge in [-0.05, 0) is 12.1 Å². The lowest BCUT2D eigenvalue weighted by Gasteiger charge is -2.18. The second kappa shape index (κ2) is 3.78. The summed E-state index contributed by atoms with van der Waals surface area (Å²) in [5, 5.41) is 0.745. The molecule has 1 N–H and O–H groups in total. The van der Waals surface area contributed by atoms with Crippen molar-refractivity contribution >= 4 is 9.84 Å². The number of sulfone groups is 1. The first-order chi connectivity index (χ1) is 7.44. The largest absolute Gasteiger partial charge is 0.310 e. The molecule has 0 radical (unpaired) electrons. The molecule has 1 heterocycles. The van der Waals surface area contributed by atoms with Gasteiger partial charge < -0.3 is 5.32 Å². The summed E-state index contributed by atoms with van der Waals surface area (Å²) in [7, 11) is -3.96. The van der Waals surface area contributed by atoms with Crippen molar-refractivity contribution in [1.29, 1.82) is 0 Å². The molecule has 0 saturated carbocycles. The van der Waals surface area contributed by atoms with Gasteiger partial charge in [-0.3, -0.25) is 0 Å². The number of halogens is 2. The molecule has 16 heavy (non-hydrogen) atoms. The van der Waals surface area contributed by atoms with Crippen LogP contribution in [-0.4, -0.2) is 32.7 Å². The van der Waals surface area contributed by atoms with Crippen LogP contribution in [-0.2, 0) is 9.84 Å². The van der Waals surface area contributed by atoms with Crippen LogP contribution in [0.15, 0.2) is 35.2 Å². The van der Waals surface area contributed by atoms with Crippen molar-refractivity contribution in [2.24, 2.45) is 0 Å². The molecule has 0 aromatic heterocycles. The summed E-state index contributed by atoms with van der Waals surface area (Å²) in [5.74, 6) is -3.20. The molecular formula is C10H11F2NO2S. The van der Waals surface area contributed by atoms with Gasteiger partial charge in [-0.15, -0.1) is 0 Å². The first kappa shape index (κ1) is 11.5. The lowest BCUT2D eigenvalue weighted by molar-refractivity contribution is 0.0269. The van der Waals surface area contributed by atoms with Gasteiger partial charge in [0, 0.05) is 6.54 Å². The molecule has 0 amide bonds. The van der Waals surface area contributed by atoms with Crippen molar-refractivity contribution < 1.29 is 17.2 Å². The standard InChI is InChI=1S/C10H11F2NO2S/c11-10(12)7-13-6-9(10)16(14,15)8-4-2-1-3-5-8/h1-5,9,13H,6-7H2. The minimum absolute atomic E-state index is 0.0524. The Morgan fingerprint density at radius 2 is 1.88 bits per heavy atom. The Labute approximate surface area is 92.4 Å². The fourth-order valence-electron chi connectivity index (χ4n) is 1.74. The maximum atomic E-state index is 13.3. The number of hydrogen-bond donors (Lipinski definition) is 1. The van der Waals surface area contributed by atoms with Gasteiger partial charge >= 0.3 is 0 Å². The van der Waals surface area contributed by atoms with Crippen molar-refractivity contribution in [3.63, 3.8) is 0 Å². The molecule has 2 rings (SSSR count). The third-order valence-corrected chi connectivity index (χ3v) is 4.80. The highest BCUT2D eigenvalue weighted by Crippen LogP contribution is 2.31. The molecule has 0 bridgehead atoms. The summed E-state index contributed by atoms with van der Waals surface area (Å²) in [5.41, 5.74) is 0. The molecule has 1 aromatic rings. The van der Waals surface area contributed by atoms with Crippen molar-refractivity contribution in [2.75, 3.05) is 13.1 Å². The molecule has 88 valence electrons. The average Bonchev–Trinajstić information content (AvgIpc) is 2.60. The van der Waals surface area contributed by atoms with E-state index in [1.54, 1.807) is 6.07 Å². The van der Waals surface area contributed by atoms with E-state index in [0.717, 1.165) is 0 Å². The molecule has 1 aliphatic rings. The highest BCUT2D eigenvalue weighted by molar-refractivity contribution is 7.92. The first-order valence-electron chi connectivity index (χ1n) is 4.82.